The van der Waals surface area contributed by atoms with E-state index in [2.05, 4.69) is 25.8 Å². The Morgan fingerprint density at radius 2 is 1.85 bits per heavy atom. The van der Waals surface area contributed by atoms with Gasteiger partial charge in [-0.1, -0.05) is 12.1 Å². The lowest BCUT2D eigenvalue weighted by Crippen LogP contribution is -2.42. The number of rotatable bonds is 9. The molecular weight excluding hydrogens is 333 g/mol. The quantitative estimate of drug-likeness (QED) is 0.353. The first kappa shape index (κ1) is 20.2. The molecule has 1 fully saturated rings. The van der Waals surface area contributed by atoms with Crippen molar-refractivity contribution < 1.29 is 9.18 Å². The number of halogens is 1. The van der Waals surface area contributed by atoms with Crippen LogP contribution in [0.4, 0.5) is 4.39 Å². The molecule has 0 aliphatic heterocycles. The Morgan fingerprint density at radius 3 is 2.42 bits per heavy atom. The van der Waals surface area contributed by atoms with Crippen LogP contribution in [0.3, 0.4) is 0 Å². The molecule has 0 radical (unpaired) electrons. The van der Waals surface area contributed by atoms with Crippen LogP contribution >= 0.6 is 0 Å². The second-order valence-electron chi connectivity index (χ2n) is 6.74. The van der Waals surface area contributed by atoms with Crippen LogP contribution in [0.2, 0.25) is 0 Å². The Morgan fingerprint density at radius 1 is 1.19 bits per heavy atom. The van der Waals surface area contributed by atoms with E-state index in [1.807, 2.05) is 21.0 Å². The van der Waals surface area contributed by atoms with Gasteiger partial charge in [0.2, 0.25) is 5.91 Å². The van der Waals surface area contributed by atoms with Crippen molar-refractivity contribution >= 4 is 11.9 Å². The first-order valence-electron chi connectivity index (χ1n) is 9.23. The molecule has 0 aromatic heterocycles. The molecule has 2 rings (SSSR count). The van der Waals surface area contributed by atoms with Gasteiger partial charge in [0.05, 0.1) is 12.6 Å². The van der Waals surface area contributed by atoms with E-state index < -0.39 is 0 Å². The maximum atomic E-state index is 13.2. The number of nitrogens with zero attached hydrogens (tertiary/aromatic N) is 2. The summed E-state index contributed by atoms with van der Waals surface area (Å²) >= 11 is 0. The fraction of sp³-hybridized carbons (Fsp3) is 0.579. The molecule has 1 amide bonds. The number of nitrogens with one attached hydrogen (secondary N) is 3. The molecule has 1 aliphatic rings. The molecule has 144 valence electrons. The fourth-order valence-electron chi connectivity index (χ4n) is 2.63. The van der Waals surface area contributed by atoms with E-state index in [-0.39, 0.29) is 23.7 Å². The van der Waals surface area contributed by atoms with E-state index in [1.165, 1.54) is 12.1 Å². The van der Waals surface area contributed by atoms with Crippen molar-refractivity contribution in [3.05, 3.63) is 35.6 Å². The highest BCUT2D eigenvalue weighted by Crippen LogP contribution is 2.28. The van der Waals surface area contributed by atoms with E-state index in [0.717, 1.165) is 24.9 Å². The molecule has 7 heteroatoms. The Labute approximate surface area is 155 Å². The Kier molecular flexibility index (Phi) is 7.84. The lowest BCUT2D eigenvalue weighted by atomic mass is 10.1. The Bertz CT molecular complexity index is 598. The van der Waals surface area contributed by atoms with Gasteiger partial charge in [-0.15, -0.1) is 0 Å². The second kappa shape index (κ2) is 10.1. The van der Waals surface area contributed by atoms with E-state index in [1.54, 1.807) is 12.1 Å². The van der Waals surface area contributed by atoms with E-state index in [4.69, 9.17) is 0 Å². The smallest absolute Gasteiger partial charge is 0.223 e. The van der Waals surface area contributed by atoms with Gasteiger partial charge in [0.1, 0.15) is 5.82 Å². The van der Waals surface area contributed by atoms with Crippen molar-refractivity contribution in [3.63, 3.8) is 0 Å². The zero-order valence-corrected chi connectivity index (χ0v) is 15.9. The minimum absolute atomic E-state index is 0.0561. The molecule has 1 unspecified atom stereocenters. The van der Waals surface area contributed by atoms with Crippen molar-refractivity contribution in [1.29, 1.82) is 0 Å². The zero-order chi connectivity index (χ0) is 18.9. The van der Waals surface area contributed by atoms with Crippen molar-refractivity contribution in [2.45, 2.75) is 25.8 Å². The summed E-state index contributed by atoms with van der Waals surface area (Å²) in [6.07, 6.45) is 2.03. The van der Waals surface area contributed by atoms with Gasteiger partial charge in [0.25, 0.3) is 0 Å². The summed E-state index contributed by atoms with van der Waals surface area (Å²) in [7, 11) is 3.97. The highest BCUT2D eigenvalue weighted by atomic mass is 19.1. The monoisotopic (exact) mass is 363 g/mol. The van der Waals surface area contributed by atoms with E-state index >= 15 is 0 Å². The normalized spacial score (nSPS) is 15.7. The van der Waals surface area contributed by atoms with Crippen LogP contribution in [0.5, 0.6) is 0 Å². The predicted molar refractivity (Wildman–Crippen MR) is 103 cm³/mol. The summed E-state index contributed by atoms with van der Waals surface area (Å²) in [5.74, 6) is 0.853. The Balaban J connectivity index is 1.87. The number of hydrogen-bond donors (Lipinski definition) is 3. The maximum Gasteiger partial charge on any atom is 0.223 e. The minimum atomic E-state index is -0.238. The lowest BCUT2D eigenvalue weighted by molar-refractivity contribution is -0.122. The minimum Gasteiger partial charge on any atom is -0.357 e. The standard InChI is InChI=1S/C19H30FN5O/c1-4-21-19(23-12-11-22-18(26)15-5-6-15)24-13-17(25(2)3)14-7-9-16(20)10-8-14/h7-10,15,17H,4-6,11-13H2,1-3H3,(H,22,26)(H2,21,23,24). The number of amides is 1. The summed E-state index contributed by atoms with van der Waals surface area (Å²) in [4.78, 5) is 18.3. The molecule has 0 bridgehead atoms. The molecule has 1 atom stereocenters. The van der Waals surface area contributed by atoms with Crippen LogP contribution < -0.4 is 16.0 Å². The Hall–Kier alpha value is -2.15. The topological polar surface area (TPSA) is 68.8 Å². The molecule has 3 N–H and O–H groups in total. The van der Waals surface area contributed by atoms with Crippen LogP contribution in [0, 0.1) is 11.7 Å². The summed E-state index contributed by atoms with van der Waals surface area (Å²) in [6.45, 7) is 4.50. The average molecular weight is 363 g/mol. The van der Waals surface area contributed by atoms with Crippen LogP contribution in [-0.2, 0) is 4.79 Å². The third-order valence-electron chi connectivity index (χ3n) is 4.31. The van der Waals surface area contributed by atoms with Gasteiger partial charge in [0.15, 0.2) is 5.96 Å². The summed E-state index contributed by atoms with van der Waals surface area (Å²) in [5.41, 5.74) is 1.02. The van der Waals surface area contributed by atoms with Gasteiger partial charge < -0.3 is 20.9 Å². The van der Waals surface area contributed by atoms with Crippen LogP contribution in [0.25, 0.3) is 0 Å². The molecule has 1 aliphatic carbocycles. The molecule has 0 spiro atoms. The molecule has 0 saturated heterocycles. The number of aliphatic imine (C=N–C) groups is 1. The van der Waals surface area contributed by atoms with Crippen LogP contribution in [0.15, 0.2) is 29.3 Å². The molecule has 6 nitrogen and oxygen atoms in total. The van der Waals surface area contributed by atoms with E-state index in [9.17, 15) is 9.18 Å². The number of carbonyl (C=O) groups excluding carboxylic acids is 1. The number of carbonyl (C=O) groups is 1. The van der Waals surface area contributed by atoms with Crippen molar-refractivity contribution in [2.24, 2.45) is 10.9 Å². The molecule has 1 aromatic rings. The molecule has 1 aromatic carbocycles. The van der Waals surface area contributed by atoms with Crippen LogP contribution in [0.1, 0.15) is 31.4 Å². The van der Waals surface area contributed by atoms with Crippen LogP contribution in [-0.4, -0.2) is 57.0 Å². The van der Waals surface area contributed by atoms with Gasteiger partial charge in [0, 0.05) is 25.6 Å². The first-order valence-corrected chi connectivity index (χ1v) is 9.23. The van der Waals surface area contributed by atoms with Gasteiger partial charge in [-0.3, -0.25) is 9.79 Å². The second-order valence-corrected chi connectivity index (χ2v) is 6.74. The third kappa shape index (κ3) is 6.63. The molecule has 26 heavy (non-hydrogen) atoms. The number of guanidine groups is 1. The third-order valence-corrected chi connectivity index (χ3v) is 4.31. The van der Waals surface area contributed by atoms with Gasteiger partial charge >= 0.3 is 0 Å². The molecule has 1 saturated carbocycles. The average Bonchev–Trinajstić information content (AvgIpc) is 3.45. The molecule has 0 heterocycles. The summed E-state index contributed by atoms with van der Waals surface area (Å²) in [5, 5.41) is 9.37. The van der Waals surface area contributed by atoms with Gasteiger partial charge in [-0.25, -0.2) is 4.39 Å². The SMILES string of the molecule is CCNC(=NCC(c1ccc(F)cc1)N(C)C)NCCNC(=O)C1CC1. The largest absolute Gasteiger partial charge is 0.357 e. The highest BCUT2D eigenvalue weighted by molar-refractivity contribution is 5.81. The number of hydrogen-bond acceptors (Lipinski definition) is 3. The number of benzene rings is 1. The first-order chi connectivity index (χ1) is 12.5. The summed E-state index contributed by atoms with van der Waals surface area (Å²) in [6, 6.07) is 6.59. The van der Waals surface area contributed by atoms with Crippen molar-refractivity contribution in [1.82, 2.24) is 20.9 Å². The predicted octanol–water partition coefficient (Wildman–Crippen LogP) is 1.51. The van der Waals surface area contributed by atoms with E-state index in [0.29, 0.717) is 25.6 Å². The number of likely N-dealkylation sites (N-methyl/N-ethyl adjacent to an activating group) is 1. The van der Waals surface area contributed by atoms with Gasteiger partial charge in [-0.2, -0.15) is 0 Å². The van der Waals surface area contributed by atoms with Gasteiger partial charge in [-0.05, 0) is 51.6 Å². The lowest BCUT2D eigenvalue weighted by Gasteiger charge is -2.23. The van der Waals surface area contributed by atoms with Crippen molar-refractivity contribution in [2.75, 3.05) is 40.3 Å². The fourth-order valence-corrected chi connectivity index (χ4v) is 2.63. The zero-order valence-electron chi connectivity index (χ0n) is 15.9. The maximum absolute atomic E-state index is 13.2. The highest BCUT2D eigenvalue weighted by Gasteiger charge is 2.28. The van der Waals surface area contributed by atoms with Crippen molar-refractivity contribution in [3.8, 4) is 0 Å². The molecular formula is C19H30FN5O. The summed E-state index contributed by atoms with van der Waals surface area (Å²) < 4.78 is 13.2.